The average molecular weight is 791 g/mol. The number of hydrogen-bond donors (Lipinski definition) is 0. The molecule has 1 aliphatic heterocycles. The molecule has 0 saturated heterocycles. The van der Waals surface area contributed by atoms with Crippen molar-refractivity contribution in [1.82, 2.24) is 9.97 Å². The van der Waals surface area contributed by atoms with Gasteiger partial charge in [-0.05, 0) is 104 Å². The van der Waals surface area contributed by atoms with E-state index in [1.165, 1.54) is 44.5 Å². The molecule has 1 aromatic heterocycles. The van der Waals surface area contributed by atoms with Gasteiger partial charge in [0.1, 0.15) is 11.5 Å². The van der Waals surface area contributed by atoms with Gasteiger partial charge in [-0.2, -0.15) is 0 Å². The lowest BCUT2D eigenvalue weighted by Crippen LogP contribution is -2.32. The molecule has 0 bridgehead atoms. The maximum Gasteiger partial charge on any atom is 0.160 e. The number of hydrogen-bond acceptors (Lipinski definition) is 3. The molecule has 3 heteroatoms. The minimum atomic E-state index is -0.570. The van der Waals surface area contributed by atoms with Crippen molar-refractivity contribution >= 4 is 0 Å². The van der Waals surface area contributed by atoms with Crippen molar-refractivity contribution in [2.75, 3.05) is 0 Å². The molecular weight excluding hydrogens is 753 g/mol. The number of benzene rings is 9. The Kier molecular flexibility index (Phi) is 8.39. The Balaban J connectivity index is 1.000. The fourth-order valence-corrected chi connectivity index (χ4v) is 9.70. The highest BCUT2D eigenvalue weighted by atomic mass is 16.5. The minimum absolute atomic E-state index is 0.570. The molecular formula is C59H38N2O. The van der Waals surface area contributed by atoms with Crippen molar-refractivity contribution in [2.45, 2.75) is 5.41 Å². The molecule has 9 aromatic carbocycles. The molecule has 0 atom stereocenters. The van der Waals surface area contributed by atoms with E-state index >= 15 is 0 Å². The zero-order valence-corrected chi connectivity index (χ0v) is 33.7. The van der Waals surface area contributed by atoms with Crippen molar-refractivity contribution in [3.05, 3.63) is 253 Å². The molecule has 2 heterocycles. The smallest absolute Gasteiger partial charge is 0.160 e. The van der Waals surface area contributed by atoms with Crippen LogP contribution in [0, 0.1) is 0 Å². The summed E-state index contributed by atoms with van der Waals surface area (Å²) in [7, 11) is 0. The summed E-state index contributed by atoms with van der Waals surface area (Å²) in [6.07, 6.45) is 0. The predicted octanol–water partition coefficient (Wildman–Crippen LogP) is 14.9. The minimum Gasteiger partial charge on any atom is -0.457 e. The Labute approximate surface area is 361 Å². The predicted molar refractivity (Wildman–Crippen MR) is 252 cm³/mol. The van der Waals surface area contributed by atoms with Gasteiger partial charge in [-0.1, -0.05) is 182 Å². The first-order valence-corrected chi connectivity index (χ1v) is 21.1. The highest BCUT2D eigenvalue weighted by Gasteiger charge is 2.51. The van der Waals surface area contributed by atoms with E-state index in [4.69, 9.17) is 14.7 Å². The third kappa shape index (κ3) is 5.82. The lowest BCUT2D eigenvalue weighted by molar-refractivity contribution is 0.436. The van der Waals surface area contributed by atoms with Crippen LogP contribution in [0.4, 0.5) is 0 Å². The van der Waals surface area contributed by atoms with Gasteiger partial charge in [-0.25, -0.2) is 9.97 Å². The first-order valence-electron chi connectivity index (χ1n) is 21.1. The second-order valence-electron chi connectivity index (χ2n) is 16.1. The summed E-state index contributed by atoms with van der Waals surface area (Å²) in [4.78, 5) is 10.5. The normalized spacial score (nSPS) is 12.8. The van der Waals surface area contributed by atoms with Crippen molar-refractivity contribution in [2.24, 2.45) is 0 Å². The van der Waals surface area contributed by atoms with E-state index in [-0.39, 0.29) is 0 Å². The monoisotopic (exact) mass is 790 g/mol. The molecule has 0 radical (unpaired) electrons. The quantitative estimate of drug-likeness (QED) is 0.168. The third-order valence-corrected chi connectivity index (χ3v) is 12.6. The van der Waals surface area contributed by atoms with Crippen LogP contribution in [0.3, 0.4) is 0 Å². The summed E-state index contributed by atoms with van der Waals surface area (Å²) >= 11 is 0. The molecule has 0 fully saturated rings. The molecule has 12 rings (SSSR count). The van der Waals surface area contributed by atoms with Crippen molar-refractivity contribution in [3.63, 3.8) is 0 Å². The number of nitrogens with zero attached hydrogens (tertiary/aromatic N) is 2. The number of aromatic nitrogens is 2. The van der Waals surface area contributed by atoms with Gasteiger partial charge in [0, 0.05) is 27.8 Å². The van der Waals surface area contributed by atoms with Gasteiger partial charge >= 0.3 is 0 Å². The molecule has 0 amide bonds. The standard InChI is InChI=1S/C59H38N2O/c1-4-16-39(17-5-1)45-34-46(40-18-6-2-7-19-40)36-47(35-45)41-28-30-42(31-29-41)54-38-55(61-58(60-54)43-20-8-3-9-21-43)44-32-33-57-53(37-44)59(52-26-14-15-27-56(52)62-57)50-24-12-10-22-48(50)49-23-11-13-25-51(49)59/h1-38H. The summed E-state index contributed by atoms with van der Waals surface area (Å²) in [5, 5.41) is 0. The van der Waals surface area contributed by atoms with Crippen LogP contribution in [0.2, 0.25) is 0 Å². The Bertz CT molecular complexity index is 3200. The molecule has 3 nitrogen and oxygen atoms in total. The van der Waals surface area contributed by atoms with Gasteiger partial charge < -0.3 is 4.74 Å². The largest absolute Gasteiger partial charge is 0.457 e. The van der Waals surface area contributed by atoms with Gasteiger partial charge in [-0.15, -0.1) is 0 Å². The number of rotatable bonds is 6. The topological polar surface area (TPSA) is 35.0 Å². The molecule has 0 N–H and O–H groups in total. The van der Waals surface area contributed by atoms with Gasteiger partial charge in [-0.3, -0.25) is 0 Å². The molecule has 1 spiro atoms. The Morgan fingerprint density at radius 2 is 0.694 bits per heavy atom. The van der Waals surface area contributed by atoms with Crippen LogP contribution < -0.4 is 4.74 Å². The molecule has 62 heavy (non-hydrogen) atoms. The van der Waals surface area contributed by atoms with E-state index in [1.807, 2.05) is 18.2 Å². The second kappa shape index (κ2) is 14.5. The van der Waals surface area contributed by atoms with Crippen molar-refractivity contribution in [3.8, 4) is 89.9 Å². The van der Waals surface area contributed by atoms with Gasteiger partial charge in [0.2, 0.25) is 0 Å². The molecule has 290 valence electrons. The van der Waals surface area contributed by atoms with Crippen molar-refractivity contribution in [1.29, 1.82) is 0 Å². The van der Waals surface area contributed by atoms with Gasteiger partial charge in [0.05, 0.1) is 16.8 Å². The average Bonchev–Trinajstić information content (AvgIpc) is 3.65. The van der Waals surface area contributed by atoms with Crippen LogP contribution in [0.5, 0.6) is 11.5 Å². The summed E-state index contributed by atoms with van der Waals surface area (Å²) in [5.41, 5.74) is 18.4. The second-order valence-corrected chi connectivity index (χ2v) is 16.1. The van der Waals surface area contributed by atoms with Crippen LogP contribution in [-0.4, -0.2) is 9.97 Å². The van der Waals surface area contributed by atoms with E-state index < -0.39 is 5.41 Å². The molecule has 1 aliphatic carbocycles. The molecule has 10 aromatic rings. The van der Waals surface area contributed by atoms with Crippen LogP contribution in [0.1, 0.15) is 22.3 Å². The molecule has 2 aliphatic rings. The van der Waals surface area contributed by atoms with E-state index in [1.54, 1.807) is 0 Å². The number of para-hydroxylation sites is 1. The fraction of sp³-hybridized carbons (Fsp3) is 0.0169. The zero-order chi connectivity index (χ0) is 41.0. The Hall–Kier alpha value is -8.14. The first-order chi connectivity index (χ1) is 30.7. The third-order valence-electron chi connectivity index (χ3n) is 12.6. The van der Waals surface area contributed by atoms with Crippen LogP contribution in [0.15, 0.2) is 231 Å². The highest BCUT2D eigenvalue weighted by Crippen LogP contribution is 2.62. The molecule has 0 unspecified atom stereocenters. The van der Waals surface area contributed by atoms with E-state index in [0.29, 0.717) is 5.82 Å². The Morgan fingerprint density at radius 3 is 1.27 bits per heavy atom. The summed E-state index contributed by atoms with van der Waals surface area (Å²) < 4.78 is 6.75. The molecule has 0 saturated carbocycles. The van der Waals surface area contributed by atoms with Crippen LogP contribution in [-0.2, 0) is 5.41 Å². The van der Waals surface area contributed by atoms with E-state index in [0.717, 1.165) is 61.8 Å². The number of ether oxygens (including phenoxy) is 1. The fourth-order valence-electron chi connectivity index (χ4n) is 9.70. The van der Waals surface area contributed by atoms with Gasteiger partial charge in [0.15, 0.2) is 5.82 Å². The summed E-state index contributed by atoms with van der Waals surface area (Å²) in [6.45, 7) is 0. The highest BCUT2D eigenvalue weighted by molar-refractivity contribution is 5.89. The lowest BCUT2D eigenvalue weighted by Gasteiger charge is -2.39. The SMILES string of the molecule is c1ccc(-c2cc(-c3ccccc3)cc(-c3ccc(-c4cc(-c5ccc6c(c5)C5(c7ccccc7O6)c6ccccc6-c6ccccc65)nc(-c5ccccc5)n4)cc3)c2)cc1. The maximum absolute atomic E-state index is 6.75. The van der Waals surface area contributed by atoms with Gasteiger partial charge in [0.25, 0.3) is 0 Å². The number of fused-ring (bicyclic) bond motifs is 9. The maximum atomic E-state index is 6.75. The van der Waals surface area contributed by atoms with Crippen LogP contribution >= 0.6 is 0 Å². The Morgan fingerprint density at radius 1 is 0.274 bits per heavy atom. The summed E-state index contributed by atoms with van der Waals surface area (Å²) in [5.74, 6) is 2.40. The first kappa shape index (κ1) is 35.8. The van der Waals surface area contributed by atoms with Crippen LogP contribution in [0.25, 0.3) is 78.4 Å². The summed E-state index contributed by atoms with van der Waals surface area (Å²) in [6, 6.07) is 82.0. The lowest BCUT2D eigenvalue weighted by atomic mass is 9.66. The van der Waals surface area contributed by atoms with Crippen molar-refractivity contribution < 1.29 is 4.74 Å². The zero-order valence-electron chi connectivity index (χ0n) is 33.7. The van der Waals surface area contributed by atoms with E-state index in [9.17, 15) is 0 Å². The van der Waals surface area contributed by atoms with E-state index in [2.05, 4.69) is 212 Å².